The summed E-state index contributed by atoms with van der Waals surface area (Å²) >= 11 is 0. The molecule has 1 aromatic heterocycles. The number of nitrogens with zero attached hydrogens (tertiary/aromatic N) is 4. The highest BCUT2D eigenvalue weighted by molar-refractivity contribution is 14.0. The number of rotatable bonds is 5. The Balaban J connectivity index is 0.00000261. The van der Waals surface area contributed by atoms with E-state index in [2.05, 4.69) is 25.8 Å². The lowest BCUT2D eigenvalue weighted by Crippen LogP contribution is -2.45. The van der Waals surface area contributed by atoms with Crippen molar-refractivity contribution in [1.82, 2.24) is 25.7 Å². The Labute approximate surface area is 178 Å². The molecule has 0 bridgehead atoms. The minimum atomic E-state index is 0. The van der Waals surface area contributed by atoms with Crippen LogP contribution in [0.5, 0.6) is 0 Å². The summed E-state index contributed by atoms with van der Waals surface area (Å²) in [5.41, 5.74) is 0. The molecule has 1 aliphatic carbocycles. The average Bonchev–Trinajstić information content (AvgIpc) is 3.29. The molecule has 2 heterocycles. The minimum absolute atomic E-state index is 0. The molecule has 1 amide bonds. The van der Waals surface area contributed by atoms with Gasteiger partial charge in [0.2, 0.25) is 11.8 Å². The monoisotopic (exact) mass is 490 g/mol. The number of aromatic nitrogens is 2. The molecule has 27 heavy (non-hydrogen) atoms. The third-order valence-corrected chi connectivity index (χ3v) is 5.08. The van der Waals surface area contributed by atoms with Crippen molar-refractivity contribution >= 4 is 35.8 Å². The number of carbonyl (C=O) groups excluding carboxylic acids is 1. The summed E-state index contributed by atoms with van der Waals surface area (Å²) in [6, 6.07) is 0.227. The predicted octanol–water partition coefficient (Wildman–Crippen LogP) is 2.23. The van der Waals surface area contributed by atoms with Gasteiger partial charge < -0.3 is 20.1 Å². The minimum Gasteiger partial charge on any atom is -0.357 e. The molecule has 9 heteroatoms. The van der Waals surface area contributed by atoms with Gasteiger partial charge in [-0.15, -0.1) is 24.0 Å². The summed E-state index contributed by atoms with van der Waals surface area (Å²) in [5.74, 6) is 2.42. The number of hydrogen-bond donors (Lipinski definition) is 2. The molecule has 152 valence electrons. The van der Waals surface area contributed by atoms with Crippen molar-refractivity contribution in [3.8, 4) is 0 Å². The highest BCUT2D eigenvalue weighted by Crippen LogP contribution is 2.26. The van der Waals surface area contributed by atoms with Crippen LogP contribution in [0.3, 0.4) is 0 Å². The van der Waals surface area contributed by atoms with Crippen LogP contribution < -0.4 is 10.6 Å². The van der Waals surface area contributed by atoms with E-state index in [1.165, 1.54) is 19.3 Å². The van der Waals surface area contributed by atoms with E-state index in [0.29, 0.717) is 24.2 Å². The summed E-state index contributed by atoms with van der Waals surface area (Å²) in [6.07, 6.45) is 6.72. The molecule has 0 spiro atoms. The van der Waals surface area contributed by atoms with Gasteiger partial charge in [0, 0.05) is 31.6 Å². The Morgan fingerprint density at radius 2 is 2.07 bits per heavy atom. The standard InChI is InChI=1S/C18H30N6O2.HI/c1-3-19-18(20-11-16-21-13(2)23-26-16)22-15-9-10-24(12-15)17(25)14-7-5-4-6-8-14;/h14-15H,3-12H2,1-2H3,(H2,19,20,22);1H. The first-order valence-corrected chi connectivity index (χ1v) is 9.78. The van der Waals surface area contributed by atoms with Crippen molar-refractivity contribution in [1.29, 1.82) is 0 Å². The third kappa shape index (κ3) is 6.32. The van der Waals surface area contributed by atoms with E-state index in [9.17, 15) is 4.79 Å². The second-order valence-corrected chi connectivity index (χ2v) is 7.18. The zero-order chi connectivity index (χ0) is 18.4. The van der Waals surface area contributed by atoms with Crippen molar-refractivity contribution < 1.29 is 9.32 Å². The van der Waals surface area contributed by atoms with Gasteiger partial charge in [0.15, 0.2) is 11.8 Å². The molecular weight excluding hydrogens is 459 g/mol. The first-order valence-electron chi connectivity index (χ1n) is 9.78. The predicted molar refractivity (Wildman–Crippen MR) is 114 cm³/mol. The lowest BCUT2D eigenvalue weighted by Gasteiger charge is -2.26. The van der Waals surface area contributed by atoms with Gasteiger partial charge in [0.05, 0.1) is 0 Å². The van der Waals surface area contributed by atoms with E-state index in [1.54, 1.807) is 6.92 Å². The molecule has 1 unspecified atom stereocenters. The third-order valence-electron chi connectivity index (χ3n) is 5.08. The van der Waals surface area contributed by atoms with Gasteiger partial charge in [-0.25, -0.2) is 4.99 Å². The van der Waals surface area contributed by atoms with Crippen molar-refractivity contribution in [2.24, 2.45) is 10.9 Å². The summed E-state index contributed by atoms with van der Waals surface area (Å²) in [6.45, 7) is 6.51. The molecule has 1 aromatic rings. The van der Waals surface area contributed by atoms with Gasteiger partial charge in [-0.1, -0.05) is 24.4 Å². The SMILES string of the molecule is CCNC(=NCc1nc(C)no1)NC1CCN(C(=O)C2CCCCC2)C1.I. The maximum Gasteiger partial charge on any atom is 0.248 e. The topological polar surface area (TPSA) is 95.7 Å². The number of guanidine groups is 1. The van der Waals surface area contributed by atoms with Crippen molar-refractivity contribution in [3.63, 3.8) is 0 Å². The molecule has 3 rings (SSSR count). The second-order valence-electron chi connectivity index (χ2n) is 7.18. The molecule has 8 nitrogen and oxygen atoms in total. The van der Waals surface area contributed by atoms with Gasteiger partial charge in [0.1, 0.15) is 6.54 Å². The van der Waals surface area contributed by atoms with E-state index in [1.807, 2.05) is 11.8 Å². The molecule has 1 aliphatic heterocycles. The number of carbonyl (C=O) groups is 1. The Kier molecular flexibility index (Phi) is 8.78. The lowest BCUT2D eigenvalue weighted by atomic mass is 9.88. The Morgan fingerprint density at radius 3 is 2.74 bits per heavy atom. The first kappa shape index (κ1) is 21.9. The normalized spacial score (nSPS) is 21.0. The number of hydrogen-bond acceptors (Lipinski definition) is 5. The molecule has 1 saturated carbocycles. The van der Waals surface area contributed by atoms with Gasteiger partial charge >= 0.3 is 0 Å². The second kappa shape index (κ2) is 10.8. The lowest BCUT2D eigenvalue weighted by molar-refractivity contribution is -0.135. The fourth-order valence-electron chi connectivity index (χ4n) is 3.75. The Bertz CT molecular complexity index is 629. The van der Waals surface area contributed by atoms with Gasteiger partial charge in [0.25, 0.3) is 0 Å². The molecule has 1 saturated heterocycles. The average molecular weight is 490 g/mol. The molecule has 2 fully saturated rings. The van der Waals surface area contributed by atoms with E-state index in [-0.39, 0.29) is 35.9 Å². The number of aryl methyl sites for hydroxylation is 1. The highest BCUT2D eigenvalue weighted by Gasteiger charge is 2.31. The molecule has 0 aromatic carbocycles. The number of aliphatic imine (C=N–C) groups is 1. The summed E-state index contributed by atoms with van der Waals surface area (Å²) in [7, 11) is 0. The van der Waals surface area contributed by atoms with Crippen LogP contribution in [0.25, 0.3) is 0 Å². The summed E-state index contributed by atoms with van der Waals surface area (Å²) in [5, 5.41) is 10.5. The van der Waals surface area contributed by atoms with Crippen LogP contribution in [0, 0.1) is 12.8 Å². The number of nitrogens with one attached hydrogen (secondary N) is 2. The van der Waals surface area contributed by atoms with E-state index in [4.69, 9.17) is 4.52 Å². The number of likely N-dealkylation sites (tertiary alicyclic amines) is 1. The fourth-order valence-corrected chi connectivity index (χ4v) is 3.75. The van der Waals surface area contributed by atoms with Crippen molar-refractivity contribution in [3.05, 3.63) is 11.7 Å². The van der Waals surface area contributed by atoms with E-state index < -0.39 is 0 Å². The zero-order valence-corrected chi connectivity index (χ0v) is 18.6. The molecular formula is C18H31IN6O2. The van der Waals surface area contributed by atoms with Gasteiger partial charge in [-0.05, 0) is 33.1 Å². The quantitative estimate of drug-likeness (QED) is 0.374. The van der Waals surface area contributed by atoms with E-state index in [0.717, 1.165) is 44.9 Å². The molecule has 2 N–H and O–H groups in total. The first-order chi connectivity index (χ1) is 12.7. The largest absolute Gasteiger partial charge is 0.357 e. The van der Waals surface area contributed by atoms with Gasteiger partial charge in [-0.2, -0.15) is 4.98 Å². The zero-order valence-electron chi connectivity index (χ0n) is 16.2. The Morgan fingerprint density at radius 1 is 1.30 bits per heavy atom. The van der Waals surface area contributed by atoms with Crippen LogP contribution in [0.1, 0.15) is 57.2 Å². The van der Waals surface area contributed by atoms with Crippen LogP contribution in [-0.4, -0.2) is 52.6 Å². The highest BCUT2D eigenvalue weighted by atomic mass is 127. The summed E-state index contributed by atoms with van der Waals surface area (Å²) in [4.78, 5) is 23.4. The maximum atomic E-state index is 12.7. The number of amides is 1. The van der Waals surface area contributed by atoms with Crippen LogP contribution in [0.15, 0.2) is 9.52 Å². The molecule has 0 radical (unpaired) electrons. The van der Waals surface area contributed by atoms with Crippen LogP contribution in [0.4, 0.5) is 0 Å². The summed E-state index contributed by atoms with van der Waals surface area (Å²) < 4.78 is 5.10. The van der Waals surface area contributed by atoms with Crippen LogP contribution in [0.2, 0.25) is 0 Å². The van der Waals surface area contributed by atoms with Crippen molar-refractivity contribution in [2.75, 3.05) is 19.6 Å². The van der Waals surface area contributed by atoms with Crippen LogP contribution >= 0.6 is 24.0 Å². The number of halogens is 1. The smallest absolute Gasteiger partial charge is 0.248 e. The maximum absolute atomic E-state index is 12.7. The van der Waals surface area contributed by atoms with E-state index >= 15 is 0 Å². The fraction of sp³-hybridized carbons (Fsp3) is 0.778. The van der Waals surface area contributed by atoms with Crippen LogP contribution in [-0.2, 0) is 11.3 Å². The van der Waals surface area contributed by atoms with Crippen molar-refractivity contribution in [2.45, 2.75) is 65.0 Å². The Hall–Kier alpha value is -1.39. The molecule has 1 atom stereocenters. The molecule has 2 aliphatic rings. The van der Waals surface area contributed by atoms with Gasteiger partial charge in [-0.3, -0.25) is 4.79 Å².